The first-order valence-electron chi connectivity index (χ1n) is 2.29. The van der Waals surface area contributed by atoms with E-state index in [1.165, 1.54) is 0 Å². The number of nitrogens with one attached hydrogen (secondary N) is 1. The fourth-order valence-corrected chi connectivity index (χ4v) is 0.324. The molecule has 0 rings (SSSR count). The molecular weight excluding hydrogens is 108 g/mol. The zero-order valence-electron chi connectivity index (χ0n) is 4.72. The molecule has 0 aromatic carbocycles. The van der Waals surface area contributed by atoms with Crippen molar-refractivity contribution in [2.45, 2.75) is 6.04 Å². The van der Waals surface area contributed by atoms with Crippen LogP contribution in [0.1, 0.15) is 0 Å². The molecule has 0 aromatic heterocycles. The molecule has 0 heterocycles. The van der Waals surface area contributed by atoms with E-state index in [9.17, 15) is 4.79 Å². The summed E-state index contributed by atoms with van der Waals surface area (Å²) in [7, 11) is 1.56. The van der Waals surface area contributed by atoms with Crippen LogP contribution in [0.4, 0.5) is 0 Å². The quantitative estimate of drug-likeness (QED) is 0.403. The van der Waals surface area contributed by atoms with Crippen molar-refractivity contribution >= 4 is 5.91 Å². The number of carbonyl (C=O) groups is 1. The van der Waals surface area contributed by atoms with Gasteiger partial charge in [0.15, 0.2) is 0 Å². The van der Waals surface area contributed by atoms with Gasteiger partial charge in [0.1, 0.15) is 6.04 Å². The van der Waals surface area contributed by atoms with Crippen molar-refractivity contribution in [2.75, 3.05) is 13.7 Å². The van der Waals surface area contributed by atoms with E-state index < -0.39 is 11.9 Å². The minimum absolute atomic E-state index is 0.244. The number of rotatable bonds is 3. The van der Waals surface area contributed by atoms with E-state index in [0.717, 1.165) is 0 Å². The van der Waals surface area contributed by atoms with Crippen LogP contribution in [0.15, 0.2) is 0 Å². The summed E-state index contributed by atoms with van der Waals surface area (Å²) in [5.74, 6) is -0.532. The fourth-order valence-electron chi connectivity index (χ4n) is 0.324. The summed E-state index contributed by atoms with van der Waals surface area (Å²) in [5.41, 5.74) is 4.80. The second-order valence-electron chi connectivity index (χ2n) is 1.43. The minimum atomic E-state index is -0.602. The molecule has 0 fully saturated rings. The Kier molecular flexibility index (Phi) is 3.14. The molecule has 0 aliphatic heterocycles. The van der Waals surface area contributed by atoms with E-state index in [2.05, 4.69) is 5.32 Å². The van der Waals surface area contributed by atoms with Gasteiger partial charge in [-0.1, -0.05) is 0 Å². The maximum absolute atomic E-state index is 10.2. The third kappa shape index (κ3) is 1.90. The number of hydrogen-bond acceptors (Lipinski definition) is 3. The lowest BCUT2D eigenvalue weighted by Crippen LogP contribution is -2.41. The van der Waals surface area contributed by atoms with Gasteiger partial charge >= 0.3 is 0 Å². The van der Waals surface area contributed by atoms with E-state index in [1.54, 1.807) is 7.05 Å². The second kappa shape index (κ2) is 3.40. The fraction of sp³-hybridized carbons (Fsp3) is 0.750. The number of amides is 1. The van der Waals surface area contributed by atoms with Gasteiger partial charge < -0.3 is 16.2 Å². The number of nitrogens with two attached hydrogens (primary N) is 1. The summed E-state index contributed by atoms with van der Waals surface area (Å²) in [6, 6.07) is -0.602. The zero-order chi connectivity index (χ0) is 6.57. The second-order valence-corrected chi connectivity index (χ2v) is 1.43. The predicted octanol–water partition coefficient (Wildman–Crippen LogP) is -1.95. The maximum Gasteiger partial charge on any atom is 0.236 e. The van der Waals surface area contributed by atoms with E-state index in [4.69, 9.17) is 10.8 Å². The lowest BCUT2D eigenvalue weighted by atomic mass is 10.3. The molecule has 4 nitrogen and oxygen atoms in total. The van der Waals surface area contributed by atoms with Crippen molar-refractivity contribution in [3.63, 3.8) is 0 Å². The number of hydrogen-bond donors (Lipinski definition) is 3. The number of primary amides is 1. The molecular formula is C4H10N2O2. The van der Waals surface area contributed by atoms with Crippen LogP contribution >= 0.6 is 0 Å². The van der Waals surface area contributed by atoms with Gasteiger partial charge in [-0.2, -0.15) is 0 Å². The molecule has 0 aliphatic carbocycles. The third-order valence-corrected chi connectivity index (χ3v) is 0.874. The van der Waals surface area contributed by atoms with Crippen LogP contribution < -0.4 is 11.1 Å². The lowest BCUT2D eigenvalue weighted by molar-refractivity contribution is -0.120. The molecule has 0 saturated carbocycles. The van der Waals surface area contributed by atoms with Crippen molar-refractivity contribution in [3.05, 3.63) is 0 Å². The SMILES string of the molecule is CN[C@H](CO)C(N)=O. The molecule has 0 aliphatic rings. The van der Waals surface area contributed by atoms with Crippen LogP contribution in [0.3, 0.4) is 0 Å². The summed E-state index contributed by atoms with van der Waals surface area (Å²) in [4.78, 5) is 10.2. The summed E-state index contributed by atoms with van der Waals surface area (Å²) < 4.78 is 0. The van der Waals surface area contributed by atoms with E-state index in [-0.39, 0.29) is 6.61 Å². The van der Waals surface area contributed by atoms with Crippen molar-refractivity contribution in [1.29, 1.82) is 0 Å². The molecule has 4 N–H and O–H groups in total. The first-order chi connectivity index (χ1) is 3.72. The molecule has 0 spiro atoms. The van der Waals surface area contributed by atoms with E-state index in [1.807, 2.05) is 0 Å². The van der Waals surface area contributed by atoms with Gasteiger partial charge in [-0.3, -0.25) is 4.79 Å². The first-order valence-corrected chi connectivity index (χ1v) is 2.29. The molecule has 1 atom stereocenters. The highest BCUT2D eigenvalue weighted by Gasteiger charge is 2.08. The molecule has 0 saturated heterocycles. The Morgan fingerprint density at radius 2 is 2.50 bits per heavy atom. The summed E-state index contributed by atoms with van der Waals surface area (Å²) >= 11 is 0. The standard InChI is InChI=1S/C4H10N2O2/c1-6-3(2-7)4(5)8/h3,6-7H,2H2,1H3,(H2,5,8)/t3-/m1/s1. The number of aliphatic hydroxyl groups excluding tert-OH is 1. The summed E-state index contributed by atoms with van der Waals surface area (Å²) in [6.07, 6.45) is 0. The monoisotopic (exact) mass is 118 g/mol. The molecule has 48 valence electrons. The largest absolute Gasteiger partial charge is 0.394 e. The van der Waals surface area contributed by atoms with Gasteiger partial charge in [0.2, 0.25) is 5.91 Å². The van der Waals surface area contributed by atoms with Gasteiger partial charge in [0.25, 0.3) is 0 Å². The molecule has 0 aromatic rings. The van der Waals surface area contributed by atoms with Crippen LogP contribution in [0, 0.1) is 0 Å². The number of carbonyl (C=O) groups excluding carboxylic acids is 1. The third-order valence-electron chi connectivity index (χ3n) is 0.874. The molecule has 0 radical (unpaired) electrons. The highest BCUT2D eigenvalue weighted by molar-refractivity contribution is 5.79. The Bertz CT molecular complexity index is 80.1. The van der Waals surface area contributed by atoms with Crippen LogP contribution in [-0.2, 0) is 4.79 Å². The number of aliphatic hydroxyl groups is 1. The first kappa shape index (κ1) is 7.39. The van der Waals surface area contributed by atoms with Gasteiger partial charge in [-0.25, -0.2) is 0 Å². The zero-order valence-corrected chi connectivity index (χ0v) is 4.72. The summed E-state index contributed by atoms with van der Waals surface area (Å²) in [6.45, 7) is -0.244. The summed E-state index contributed by atoms with van der Waals surface area (Å²) in [5, 5.41) is 10.9. The van der Waals surface area contributed by atoms with Gasteiger partial charge in [0, 0.05) is 0 Å². The van der Waals surface area contributed by atoms with Crippen LogP contribution in [-0.4, -0.2) is 30.7 Å². The molecule has 0 bridgehead atoms. The average Bonchev–Trinajstić information content (AvgIpc) is 1.69. The van der Waals surface area contributed by atoms with Gasteiger partial charge in [0.05, 0.1) is 6.61 Å². The number of likely N-dealkylation sites (N-methyl/N-ethyl adjacent to an activating group) is 1. The van der Waals surface area contributed by atoms with Crippen molar-refractivity contribution in [3.8, 4) is 0 Å². The molecule has 0 unspecified atom stereocenters. The maximum atomic E-state index is 10.2. The lowest BCUT2D eigenvalue weighted by Gasteiger charge is -2.05. The van der Waals surface area contributed by atoms with Crippen LogP contribution in [0.25, 0.3) is 0 Å². The highest BCUT2D eigenvalue weighted by atomic mass is 16.3. The minimum Gasteiger partial charge on any atom is -0.394 e. The van der Waals surface area contributed by atoms with Gasteiger partial charge in [-0.05, 0) is 7.05 Å². The Morgan fingerprint density at radius 3 is 2.50 bits per heavy atom. The Morgan fingerprint density at radius 1 is 2.00 bits per heavy atom. The van der Waals surface area contributed by atoms with Crippen LogP contribution in [0.5, 0.6) is 0 Å². The Balaban J connectivity index is 3.52. The smallest absolute Gasteiger partial charge is 0.236 e. The molecule has 8 heavy (non-hydrogen) atoms. The van der Waals surface area contributed by atoms with Crippen LogP contribution in [0.2, 0.25) is 0 Å². The average molecular weight is 118 g/mol. The van der Waals surface area contributed by atoms with Gasteiger partial charge in [-0.15, -0.1) is 0 Å². The van der Waals surface area contributed by atoms with Crippen molar-refractivity contribution in [2.24, 2.45) is 5.73 Å². The van der Waals surface area contributed by atoms with E-state index in [0.29, 0.717) is 0 Å². The van der Waals surface area contributed by atoms with E-state index >= 15 is 0 Å². The Hall–Kier alpha value is -0.610. The molecule has 4 heteroatoms. The normalized spacial score (nSPS) is 13.2. The molecule has 1 amide bonds. The Labute approximate surface area is 47.7 Å². The predicted molar refractivity (Wildman–Crippen MR) is 29.1 cm³/mol. The van der Waals surface area contributed by atoms with Crippen molar-refractivity contribution in [1.82, 2.24) is 5.32 Å². The highest BCUT2D eigenvalue weighted by Crippen LogP contribution is 1.74. The van der Waals surface area contributed by atoms with Crippen molar-refractivity contribution < 1.29 is 9.90 Å². The topological polar surface area (TPSA) is 75.3 Å².